The molecule has 1 atom stereocenters. The number of carbonyl (C=O) groups excluding carboxylic acids is 1. The predicted octanol–water partition coefficient (Wildman–Crippen LogP) is 1.88. The predicted molar refractivity (Wildman–Crippen MR) is 99.4 cm³/mol. The summed E-state index contributed by atoms with van der Waals surface area (Å²) < 4.78 is 37.3. The molecule has 1 aliphatic heterocycles. The molecule has 27 heavy (non-hydrogen) atoms. The fraction of sp³-hybridized carbons (Fsp3) is 0.471. The molecule has 1 aliphatic carbocycles. The number of halogens is 1. The molecule has 2 aromatic rings. The lowest BCUT2D eigenvalue weighted by Crippen LogP contribution is -2.43. The maximum atomic E-state index is 13.8. The van der Waals surface area contributed by atoms with Crippen LogP contribution < -0.4 is 0 Å². The summed E-state index contributed by atoms with van der Waals surface area (Å²) in [7, 11) is -3.04. The molecule has 1 amide bonds. The first-order valence-electron chi connectivity index (χ1n) is 8.74. The van der Waals surface area contributed by atoms with Gasteiger partial charge >= 0.3 is 0 Å². The van der Waals surface area contributed by atoms with E-state index in [2.05, 4.69) is 15.2 Å². The molecule has 2 fully saturated rings. The maximum Gasteiger partial charge on any atom is 0.233 e. The van der Waals surface area contributed by atoms with Crippen molar-refractivity contribution < 1.29 is 17.6 Å². The van der Waals surface area contributed by atoms with E-state index in [4.69, 9.17) is 0 Å². The van der Waals surface area contributed by atoms with Gasteiger partial charge in [-0.2, -0.15) is 0 Å². The van der Waals surface area contributed by atoms with Gasteiger partial charge in [-0.25, -0.2) is 17.8 Å². The highest BCUT2D eigenvalue weighted by molar-refractivity contribution is 7.99. The van der Waals surface area contributed by atoms with Gasteiger partial charge in [-0.3, -0.25) is 9.89 Å². The Bertz CT molecular complexity index is 959. The number of nitrogens with one attached hydrogen (secondary N) is 1. The van der Waals surface area contributed by atoms with Gasteiger partial charge in [-0.1, -0.05) is 23.9 Å². The summed E-state index contributed by atoms with van der Waals surface area (Å²) in [5.74, 6) is 0.142. The van der Waals surface area contributed by atoms with E-state index in [1.807, 2.05) is 0 Å². The minimum Gasteiger partial charge on any atom is -0.335 e. The zero-order valence-corrected chi connectivity index (χ0v) is 16.1. The normalized spacial score (nSPS) is 21.3. The Hall–Kier alpha value is -1.94. The average Bonchev–Trinajstić information content (AvgIpc) is 3.23. The molecule has 4 rings (SSSR count). The van der Waals surface area contributed by atoms with E-state index < -0.39 is 15.7 Å². The molecule has 1 saturated heterocycles. The van der Waals surface area contributed by atoms with Crippen molar-refractivity contribution in [3.05, 3.63) is 30.1 Å². The molecule has 0 unspecified atom stereocenters. The highest BCUT2D eigenvalue weighted by atomic mass is 32.2. The number of hydrogen-bond donors (Lipinski definition) is 1. The Morgan fingerprint density at radius 3 is 2.70 bits per heavy atom. The van der Waals surface area contributed by atoms with Crippen LogP contribution in [0.5, 0.6) is 0 Å². The lowest BCUT2D eigenvalue weighted by Gasteiger charge is -2.28. The van der Waals surface area contributed by atoms with Crippen molar-refractivity contribution in [2.24, 2.45) is 0 Å². The van der Waals surface area contributed by atoms with Crippen LogP contribution in [0.1, 0.15) is 19.3 Å². The van der Waals surface area contributed by atoms with Crippen LogP contribution >= 0.6 is 11.8 Å². The van der Waals surface area contributed by atoms with Crippen LogP contribution in [0.25, 0.3) is 11.4 Å². The third kappa shape index (κ3) is 4.16. The molecule has 1 N–H and O–H groups in total. The third-order valence-corrected chi connectivity index (χ3v) is 7.33. The maximum absolute atomic E-state index is 13.8. The molecule has 10 heteroatoms. The largest absolute Gasteiger partial charge is 0.335 e. The van der Waals surface area contributed by atoms with Crippen LogP contribution in [0.15, 0.2) is 29.4 Å². The van der Waals surface area contributed by atoms with Gasteiger partial charge in [-0.15, -0.1) is 5.10 Å². The van der Waals surface area contributed by atoms with Crippen LogP contribution in [-0.2, 0) is 14.6 Å². The lowest BCUT2D eigenvalue weighted by molar-refractivity contribution is -0.130. The first-order chi connectivity index (χ1) is 12.9. The van der Waals surface area contributed by atoms with Crippen molar-refractivity contribution in [1.29, 1.82) is 0 Å². The quantitative estimate of drug-likeness (QED) is 0.731. The SMILES string of the molecule is O=C(CSc1n[nH]c(-c2ccccc2F)n1)N(C1CC1)[C@H]1CCS(=O)(=O)C1. The lowest BCUT2D eigenvalue weighted by atomic mass is 10.2. The molecule has 0 spiro atoms. The van der Waals surface area contributed by atoms with E-state index in [1.54, 1.807) is 23.1 Å². The monoisotopic (exact) mass is 410 g/mol. The zero-order chi connectivity index (χ0) is 19.0. The second-order valence-corrected chi connectivity index (χ2v) is 10.00. The number of aromatic nitrogens is 3. The van der Waals surface area contributed by atoms with Gasteiger partial charge in [0.25, 0.3) is 0 Å². The van der Waals surface area contributed by atoms with Gasteiger partial charge < -0.3 is 4.90 Å². The summed E-state index contributed by atoms with van der Waals surface area (Å²) >= 11 is 1.17. The summed E-state index contributed by atoms with van der Waals surface area (Å²) in [4.78, 5) is 18.7. The molecular formula is C17H19FN4O3S2. The van der Waals surface area contributed by atoms with E-state index >= 15 is 0 Å². The molecule has 7 nitrogen and oxygen atoms in total. The molecule has 0 radical (unpaired) electrons. The zero-order valence-electron chi connectivity index (χ0n) is 14.5. The Kier molecular flexibility index (Phi) is 4.94. The number of nitrogens with zero attached hydrogens (tertiary/aromatic N) is 3. The minimum atomic E-state index is -3.04. The summed E-state index contributed by atoms with van der Waals surface area (Å²) in [6, 6.07) is 6.18. The van der Waals surface area contributed by atoms with Crippen molar-refractivity contribution >= 4 is 27.5 Å². The highest BCUT2D eigenvalue weighted by Crippen LogP contribution is 2.33. The smallest absolute Gasteiger partial charge is 0.233 e. The molecule has 2 aliphatic rings. The van der Waals surface area contributed by atoms with Crippen molar-refractivity contribution in [1.82, 2.24) is 20.1 Å². The van der Waals surface area contributed by atoms with E-state index in [1.165, 1.54) is 17.8 Å². The molecule has 0 bridgehead atoms. The Balaban J connectivity index is 1.41. The van der Waals surface area contributed by atoms with Crippen molar-refractivity contribution in [3.63, 3.8) is 0 Å². The van der Waals surface area contributed by atoms with Crippen LogP contribution in [0.4, 0.5) is 4.39 Å². The van der Waals surface area contributed by atoms with E-state index in [0.29, 0.717) is 23.0 Å². The summed E-state index contributed by atoms with van der Waals surface area (Å²) in [5, 5.41) is 7.09. The van der Waals surface area contributed by atoms with E-state index in [0.717, 1.165) is 12.8 Å². The third-order valence-electron chi connectivity index (χ3n) is 4.75. The molecule has 2 heterocycles. The van der Waals surface area contributed by atoms with Crippen LogP contribution in [0.2, 0.25) is 0 Å². The van der Waals surface area contributed by atoms with E-state index in [9.17, 15) is 17.6 Å². The molecule has 144 valence electrons. The van der Waals surface area contributed by atoms with Gasteiger partial charge in [0.1, 0.15) is 5.82 Å². The Morgan fingerprint density at radius 1 is 1.26 bits per heavy atom. The van der Waals surface area contributed by atoms with Gasteiger partial charge in [0.05, 0.1) is 22.8 Å². The molecular weight excluding hydrogens is 391 g/mol. The molecule has 1 aromatic heterocycles. The molecule has 1 aromatic carbocycles. The number of amides is 1. The van der Waals surface area contributed by atoms with Gasteiger partial charge in [-0.05, 0) is 31.4 Å². The van der Waals surface area contributed by atoms with Crippen molar-refractivity contribution in [2.45, 2.75) is 36.5 Å². The number of aromatic amines is 1. The second-order valence-electron chi connectivity index (χ2n) is 6.82. The van der Waals surface area contributed by atoms with Crippen molar-refractivity contribution in [2.75, 3.05) is 17.3 Å². The van der Waals surface area contributed by atoms with Crippen LogP contribution in [0.3, 0.4) is 0 Å². The first-order valence-corrected chi connectivity index (χ1v) is 11.6. The van der Waals surface area contributed by atoms with Crippen LogP contribution in [-0.4, -0.2) is 63.7 Å². The number of thioether (sulfide) groups is 1. The standard InChI is InChI=1S/C17H19FN4O3S2/c18-14-4-2-1-3-13(14)16-19-17(21-20-16)26-9-15(23)22(11-5-6-11)12-7-8-27(24,25)10-12/h1-4,11-12H,5-10H2,(H,19,20,21)/t12-/m0/s1. The fourth-order valence-corrected chi connectivity index (χ4v) is 5.72. The number of H-pyrrole nitrogens is 1. The Labute approximate surface area is 160 Å². The highest BCUT2D eigenvalue weighted by Gasteiger charge is 2.41. The first kappa shape index (κ1) is 18.4. The average molecular weight is 410 g/mol. The van der Waals surface area contributed by atoms with E-state index in [-0.39, 0.29) is 35.2 Å². The number of carbonyl (C=O) groups is 1. The van der Waals surface area contributed by atoms with Crippen molar-refractivity contribution in [3.8, 4) is 11.4 Å². The summed E-state index contributed by atoms with van der Waals surface area (Å²) in [6.07, 6.45) is 2.35. The topological polar surface area (TPSA) is 96.0 Å². The number of hydrogen-bond acceptors (Lipinski definition) is 6. The second kappa shape index (κ2) is 7.23. The summed E-state index contributed by atoms with van der Waals surface area (Å²) in [6.45, 7) is 0. The van der Waals surface area contributed by atoms with Gasteiger partial charge in [0, 0.05) is 12.1 Å². The van der Waals surface area contributed by atoms with Crippen LogP contribution in [0, 0.1) is 5.82 Å². The number of rotatable bonds is 6. The fourth-order valence-electron chi connectivity index (χ4n) is 3.34. The van der Waals surface area contributed by atoms with Gasteiger partial charge in [0.15, 0.2) is 15.7 Å². The number of sulfone groups is 1. The summed E-state index contributed by atoms with van der Waals surface area (Å²) in [5.41, 5.74) is 0.318. The van der Waals surface area contributed by atoms with Gasteiger partial charge in [0.2, 0.25) is 11.1 Å². The minimum absolute atomic E-state index is 0.0536. The molecule has 1 saturated carbocycles. The Morgan fingerprint density at radius 2 is 2.04 bits per heavy atom. The number of benzene rings is 1.